The van der Waals surface area contributed by atoms with E-state index < -0.39 is 23.8 Å². The SMILES string of the molecule is C=CCCCOc1ccc(C(CC(=O)O)(C(=O)O)c2ccccc2)cc1. The van der Waals surface area contributed by atoms with E-state index in [1.807, 2.05) is 6.08 Å². The van der Waals surface area contributed by atoms with Gasteiger partial charge in [0.05, 0.1) is 13.0 Å². The molecule has 0 fully saturated rings. The van der Waals surface area contributed by atoms with Gasteiger partial charge in [0.25, 0.3) is 0 Å². The molecular formula is C21H22O5. The molecular weight excluding hydrogens is 332 g/mol. The number of ether oxygens (including phenoxy) is 1. The Hall–Kier alpha value is -3.08. The number of carbonyl (C=O) groups is 2. The lowest BCUT2D eigenvalue weighted by Crippen LogP contribution is -2.39. The van der Waals surface area contributed by atoms with Gasteiger partial charge < -0.3 is 14.9 Å². The van der Waals surface area contributed by atoms with Crippen molar-refractivity contribution in [3.63, 3.8) is 0 Å². The van der Waals surface area contributed by atoms with E-state index in [2.05, 4.69) is 6.58 Å². The zero-order valence-electron chi connectivity index (χ0n) is 14.4. The fraction of sp³-hybridized carbons (Fsp3) is 0.238. The normalized spacial score (nSPS) is 12.8. The van der Waals surface area contributed by atoms with Crippen molar-refractivity contribution in [2.75, 3.05) is 6.61 Å². The summed E-state index contributed by atoms with van der Waals surface area (Å²) in [5.41, 5.74) is -0.833. The van der Waals surface area contributed by atoms with Crippen molar-refractivity contribution in [3.05, 3.63) is 78.4 Å². The Kier molecular flexibility index (Phi) is 6.55. The summed E-state index contributed by atoms with van der Waals surface area (Å²) < 4.78 is 5.61. The smallest absolute Gasteiger partial charge is 0.319 e. The fourth-order valence-corrected chi connectivity index (χ4v) is 2.90. The van der Waals surface area contributed by atoms with Crippen molar-refractivity contribution >= 4 is 11.9 Å². The summed E-state index contributed by atoms with van der Waals surface area (Å²) in [7, 11) is 0. The average molecular weight is 354 g/mol. The van der Waals surface area contributed by atoms with E-state index in [0.717, 1.165) is 12.8 Å². The molecule has 0 radical (unpaired) electrons. The number of carboxylic acid groups (broad SMARTS) is 2. The maximum atomic E-state index is 12.2. The Morgan fingerprint density at radius 2 is 1.62 bits per heavy atom. The van der Waals surface area contributed by atoms with E-state index in [-0.39, 0.29) is 0 Å². The van der Waals surface area contributed by atoms with Gasteiger partial charge in [-0.1, -0.05) is 48.5 Å². The topological polar surface area (TPSA) is 83.8 Å². The number of benzene rings is 2. The Bertz CT molecular complexity index is 752. The van der Waals surface area contributed by atoms with Crippen LogP contribution in [-0.4, -0.2) is 28.8 Å². The molecule has 0 spiro atoms. The largest absolute Gasteiger partial charge is 0.494 e. The van der Waals surface area contributed by atoms with Crippen LogP contribution in [0.3, 0.4) is 0 Å². The van der Waals surface area contributed by atoms with E-state index >= 15 is 0 Å². The molecule has 0 aromatic heterocycles. The summed E-state index contributed by atoms with van der Waals surface area (Å²) in [5, 5.41) is 19.3. The van der Waals surface area contributed by atoms with Gasteiger partial charge in [0.1, 0.15) is 11.2 Å². The van der Waals surface area contributed by atoms with Crippen molar-refractivity contribution in [1.29, 1.82) is 0 Å². The number of rotatable bonds is 10. The molecule has 0 saturated carbocycles. The highest BCUT2D eigenvalue weighted by molar-refractivity contribution is 5.91. The predicted octanol–water partition coefficient (Wildman–Crippen LogP) is 3.88. The third-order valence-corrected chi connectivity index (χ3v) is 4.22. The van der Waals surface area contributed by atoms with E-state index in [0.29, 0.717) is 23.5 Å². The van der Waals surface area contributed by atoms with Crippen molar-refractivity contribution in [3.8, 4) is 5.75 Å². The molecule has 5 nitrogen and oxygen atoms in total. The Labute approximate surface area is 152 Å². The molecule has 0 aliphatic rings. The Balaban J connectivity index is 2.38. The van der Waals surface area contributed by atoms with Crippen LogP contribution in [0.5, 0.6) is 5.75 Å². The standard InChI is InChI=1S/C21H22O5/c1-2-3-7-14-26-18-12-10-17(11-13-18)21(20(24)25,15-19(22)23)16-8-5-4-6-9-16/h2,4-6,8-13H,1,3,7,14-15H2,(H,22,23)(H,24,25). The van der Waals surface area contributed by atoms with Crippen LogP contribution < -0.4 is 4.74 Å². The number of hydrogen-bond acceptors (Lipinski definition) is 3. The highest BCUT2D eigenvalue weighted by atomic mass is 16.5. The second-order valence-electron chi connectivity index (χ2n) is 5.95. The van der Waals surface area contributed by atoms with Crippen molar-refractivity contribution in [2.24, 2.45) is 0 Å². The second kappa shape index (κ2) is 8.85. The molecule has 136 valence electrons. The zero-order valence-corrected chi connectivity index (χ0v) is 14.4. The van der Waals surface area contributed by atoms with Crippen molar-refractivity contribution in [1.82, 2.24) is 0 Å². The molecule has 2 N–H and O–H groups in total. The van der Waals surface area contributed by atoms with E-state index in [4.69, 9.17) is 4.74 Å². The van der Waals surface area contributed by atoms with Gasteiger partial charge in [-0.15, -0.1) is 6.58 Å². The van der Waals surface area contributed by atoms with Gasteiger partial charge in [0, 0.05) is 0 Å². The first-order valence-corrected chi connectivity index (χ1v) is 8.35. The van der Waals surface area contributed by atoms with Crippen LogP contribution in [0.25, 0.3) is 0 Å². The number of aliphatic carboxylic acids is 2. The van der Waals surface area contributed by atoms with E-state index in [1.165, 1.54) is 0 Å². The lowest BCUT2D eigenvalue weighted by Gasteiger charge is -2.29. The summed E-state index contributed by atoms with van der Waals surface area (Å²) in [6, 6.07) is 15.0. The van der Waals surface area contributed by atoms with Gasteiger partial charge in [0.2, 0.25) is 0 Å². The van der Waals surface area contributed by atoms with Gasteiger partial charge in [-0.2, -0.15) is 0 Å². The van der Waals surface area contributed by atoms with Crippen LogP contribution in [0.1, 0.15) is 30.4 Å². The van der Waals surface area contributed by atoms with Gasteiger partial charge in [-0.25, -0.2) is 0 Å². The summed E-state index contributed by atoms with van der Waals surface area (Å²) >= 11 is 0. The van der Waals surface area contributed by atoms with Crippen molar-refractivity contribution < 1.29 is 24.5 Å². The summed E-state index contributed by atoms with van der Waals surface area (Å²) in [6.45, 7) is 4.18. The van der Waals surface area contributed by atoms with Crippen LogP contribution in [0, 0.1) is 0 Å². The molecule has 0 saturated heterocycles. The van der Waals surface area contributed by atoms with Gasteiger partial charge >= 0.3 is 11.9 Å². The number of unbranched alkanes of at least 4 members (excludes halogenated alkanes) is 1. The minimum absolute atomic E-state index is 0.400. The second-order valence-corrected chi connectivity index (χ2v) is 5.95. The van der Waals surface area contributed by atoms with Crippen LogP contribution in [0.2, 0.25) is 0 Å². The van der Waals surface area contributed by atoms with Crippen LogP contribution in [0.15, 0.2) is 67.3 Å². The highest BCUT2D eigenvalue weighted by Crippen LogP contribution is 2.37. The average Bonchev–Trinajstić information content (AvgIpc) is 2.64. The van der Waals surface area contributed by atoms with E-state index in [1.54, 1.807) is 54.6 Å². The summed E-state index contributed by atoms with van der Waals surface area (Å²) in [4.78, 5) is 23.6. The van der Waals surface area contributed by atoms with Crippen molar-refractivity contribution in [2.45, 2.75) is 24.7 Å². The number of hydrogen-bond donors (Lipinski definition) is 2. The summed E-state index contributed by atoms with van der Waals surface area (Å²) in [5.74, 6) is -1.77. The predicted molar refractivity (Wildman–Crippen MR) is 98.5 cm³/mol. The molecule has 26 heavy (non-hydrogen) atoms. The maximum absolute atomic E-state index is 12.2. The molecule has 0 aliphatic carbocycles. The molecule has 0 amide bonds. The maximum Gasteiger partial charge on any atom is 0.319 e. The lowest BCUT2D eigenvalue weighted by atomic mass is 9.72. The molecule has 1 atom stereocenters. The first-order chi connectivity index (χ1) is 12.5. The molecule has 0 heterocycles. The zero-order chi connectivity index (χ0) is 19.0. The molecule has 2 aromatic carbocycles. The Morgan fingerprint density at radius 1 is 1.00 bits per heavy atom. The van der Waals surface area contributed by atoms with E-state index in [9.17, 15) is 19.8 Å². The number of allylic oxidation sites excluding steroid dienone is 1. The third kappa shape index (κ3) is 4.30. The van der Waals surface area contributed by atoms with Gasteiger partial charge in [-0.3, -0.25) is 9.59 Å². The minimum Gasteiger partial charge on any atom is -0.494 e. The first kappa shape index (κ1) is 19.2. The molecule has 5 heteroatoms. The highest BCUT2D eigenvalue weighted by Gasteiger charge is 2.44. The Morgan fingerprint density at radius 3 is 2.15 bits per heavy atom. The van der Waals surface area contributed by atoms with Crippen LogP contribution >= 0.6 is 0 Å². The van der Waals surface area contributed by atoms with Gasteiger partial charge in [-0.05, 0) is 36.1 Å². The molecule has 0 bridgehead atoms. The van der Waals surface area contributed by atoms with Crippen LogP contribution in [-0.2, 0) is 15.0 Å². The molecule has 1 unspecified atom stereocenters. The molecule has 2 aromatic rings. The quantitative estimate of drug-likeness (QED) is 0.500. The molecule has 0 aliphatic heterocycles. The lowest BCUT2D eigenvalue weighted by molar-refractivity contribution is -0.148. The first-order valence-electron chi connectivity index (χ1n) is 8.35. The monoisotopic (exact) mass is 354 g/mol. The third-order valence-electron chi connectivity index (χ3n) is 4.22. The van der Waals surface area contributed by atoms with Crippen LogP contribution in [0.4, 0.5) is 0 Å². The molecule has 2 rings (SSSR count). The van der Waals surface area contributed by atoms with Gasteiger partial charge in [0.15, 0.2) is 0 Å². The summed E-state index contributed by atoms with van der Waals surface area (Å²) in [6.07, 6.45) is 2.96. The number of carboxylic acids is 2. The fourth-order valence-electron chi connectivity index (χ4n) is 2.90. The minimum atomic E-state index is -1.66.